The Kier molecular flexibility index (Phi) is 5.05. The number of benzene rings is 2. The molecule has 0 spiro atoms. The topological polar surface area (TPSA) is 35.2 Å². The summed E-state index contributed by atoms with van der Waals surface area (Å²) >= 11 is 6.22. The summed E-state index contributed by atoms with van der Waals surface area (Å²) in [5.41, 5.74) is 10.3. The maximum atomic E-state index is 6.22. The predicted molar refractivity (Wildman–Crippen MR) is 84.5 cm³/mol. The molecule has 106 valence electrons. The molecule has 0 aliphatic rings. The number of hydrogen-bond donors (Lipinski definition) is 1. The summed E-state index contributed by atoms with van der Waals surface area (Å²) in [6, 6.07) is 12.0. The molecule has 0 bridgehead atoms. The third kappa shape index (κ3) is 3.33. The van der Waals surface area contributed by atoms with E-state index in [1.165, 1.54) is 16.7 Å². The molecule has 2 aromatic carbocycles. The molecule has 0 heterocycles. The molecule has 0 radical (unpaired) electrons. The van der Waals surface area contributed by atoms with Gasteiger partial charge in [-0.25, -0.2) is 0 Å². The van der Waals surface area contributed by atoms with Gasteiger partial charge in [0.1, 0.15) is 12.4 Å². The third-order valence-electron chi connectivity index (χ3n) is 3.49. The fourth-order valence-corrected chi connectivity index (χ4v) is 2.55. The zero-order chi connectivity index (χ0) is 14.5. The van der Waals surface area contributed by atoms with Gasteiger partial charge in [-0.05, 0) is 55.6 Å². The van der Waals surface area contributed by atoms with E-state index in [1.54, 1.807) is 0 Å². The first-order valence-electron chi connectivity index (χ1n) is 6.79. The van der Waals surface area contributed by atoms with Crippen LogP contribution in [0.5, 0.6) is 5.75 Å². The Bertz CT molecular complexity index is 575. The molecule has 2 N–H and O–H groups in total. The van der Waals surface area contributed by atoms with Crippen molar-refractivity contribution in [3.8, 4) is 5.75 Å². The molecule has 0 aliphatic carbocycles. The highest BCUT2D eigenvalue weighted by atomic mass is 35.5. The lowest BCUT2D eigenvalue weighted by Gasteiger charge is -2.15. The third-order valence-corrected chi connectivity index (χ3v) is 3.84. The van der Waals surface area contributed by atoms with Gasteiger partial charge < -0.3 is 10.5 Å². The lowest BCUT2D eigenvalue weighted by atomic mass is 10.0. The van der Waals surface area contributed by atoms with Crippen molar-refractivity contribution < 1.29 is 4.74 Å². The van der Waals surface area contributed by atoms with E-state index in [0.29, 0.717) is 13.2 Å². The van der Waals surface area contributed by atoms with Gasteiger partial charge in [0.15, 0.2) is 0 Å². The molecule has 0 fully saturated rings. The number of halogens is 1. The highest BCUT2D eigenvalue weighted by Crippen LogP contribution is 2.28. The van der Waals surface area contributed by atoms with Gasteiger partial charge in [-0.2, -0.15) is 0 Å². The Labute approximate surface area is 125 Å². The summed E-state index contributed by atoms with van der Waals surface area (Å²) in [4.78, 5) is 0. The van der Waals surface area contributed by atoms with Crippen LogP contribution in [0.15, 0.2) is 36.4 Å². The van der Waals surface area contributed by atoms with E-state index in [4.69, 9.17) is 22.1 Å². The van der Waals surface area contributed by atoms with E-state index in [0.717, 1.165) is 22.8 Å². The Balaban J connectivity index is 2.21. The molecular weight excluding hydrogens is 270 g/mol. The largest absolute Gasteiger partial charge is 0.489 e. The molecule has 3 heteroatoms. The maximum absolute atomic E-state index is 6.22. The van der Waals surface area contributed by atoms with Gasteiger partial charge in [-0.15, -0.1) is 0 Å². The second kappa shape index (κ2) is 6.78. The van der Waals surface area contributed by atoms with Crippen molar-refractivity contribution >= 4 is 11.6 Å². The second-order valence-corrected chi connectivity index (χ2v) is 5.32. The first-order chi connectivity index (χ1) is 9.63. The fourth-order valence-electron chi connectivity index (χ4n) is 2.29. The van der Waals surface area contributed by atoms with Gasteiger partial charge in [0, 0.05) is 10.6 Å². The van der Waals surface area contributed by atoms with E-state index >= 15 is 0 Å². The molecule has 0 aromatic heterocycles. The normalized spacial score (nSPS) is 10.6. The highest BCUT2D eigenvalue weighted by molar-refractivity contribution is 6.31. The van der Waals surface area contributed by atoms with Crippen LogP contribution in [0.1, 0.15) is 22.3 Å². The SMILES string of the molecule is Cc1cccc(C)c1COc1cccc(Cl)c1CCN. The van der Waals surface area contributed by atoms with Gasteiger partial charge in [-0.3, -0.25) is 0 Å². The van der Waals surface area contributed by atoms with Gasteiger partial charge in [0.05, 0.1) is 0 Å². The minimum atomic E-state index is 0.552. The van der Waals surface area contributed by atoms with Crippen LogP contribution in [0.2, 0.25) is 5.02 Å². The Morgan fingerprint density at radius 1 is 1.00 bits per heavy atom. The van der Waals surface area contributed by atoms with E-state index in [-0.39, 0.29) is 0 Å². The van der Waals surface area contributed by atoms with Crippen molar-refractivity contribution in [3.63, 3.8) is 0 Å². The Hall–Kier alpha value is -1.51. The minimum Gasteiger partial charge on any atom is -0.489 e. The summed E-state index contributed by atoms with van der Waals surface area (Å²) in [6.07, 6.45) is 0.724. The summed E-state index contributed by atoms with van der Waals surface area (Å²) in [5, 5.41) is 0.717. The van der Waals surface area contributed by atoms with Crippen molar-refractivity contribution in [1.29, 1.82) is 0 Å². The van der Waals surface area contributed by atoms with Crippen molar-refractivity contribution in [1.82, 2.24) is 0 Å². The first kappa shape index (κ1) is 14.9. The number of rotatable bonds is 5. The van der Waals surface area contributed by atoms with E-state index in [1.807, 2.05) is 18.2 Å². The molecule has 0 atom stereocenters. The fraction of sp³-hybridized carbons (Fsp3) is 0.294. The van der Waals surface area contributed by atoms with Crippen LogP contribution in [-0.4, -0.2) is 6.54 Å². The monoisotopic (exact) mass is 289 g/mol. The maximum Gasteiger partial charge on any atom is 0.124 e. The van der Waals surface area contributed by atoms with Crippen LogP contribution in [-0.2, 0) is 13.0 Å². The zero-order valence-electron chi connectivity index (χ0n) is 11.9. The molecule has 0 saturated carbocycles. The van der Waals surface area contributed by atoms with E-state index in [2.05, 4.69) is 32.0 Å². The van der Waals surface area contributed by atoms with Gasteiger partial charge >= 0.3 is 0 Å². The quantitative estimate of drug-likeness (QED) is 0.902. The lowest BCUT2D eigenvalue weighted by Crippen LogP contribution is -2.07. The Morgan fingerprint density at radius 2 is 1.65 bits per heavy atom. The average molecular weight is 290 g/mol. The molecule has 20 heavy (non-hydrogen) atoms. The van der Waals surface area contributed by atoms with Crippen LogP contribution >= 0.6 is 11.6 Å². The van der Waals surface area contributed by atoms with Crippen LogP contribution in [0.4, 0.5) is 0 Å². The molecule has 0 saturated heterocycles. The van der Waals surface area contributed by atoms with Crippen molar-refractivity contribution in [2.45, 2.75) is 26.9 Å². The smallest absolute Gasteiger partial charge is 0.124 e. The average Bonchev–Trinajstić information content (AvgIpc) is 2.42. The van der Waals surface area contributed by atoms with Crippen LogP contribution in [0, 0.1) is 13.8 Å². The minimum absolute atomic E-state index is 0.552. The van der Waals surface area contributed by atoms with Crippen molar-refractivity contribution in [2.24, 2.45) is 5.73 Å². The van der Waals surface area contributed by atoms with Gasteiger partial charge in [0.25, 0.3) is 0 Å². The number of nitrogens with two attached hydrogens (primary N) is 1. The molecular formula is C17H20ClNO. The van der Waals surface area contributed by atoms with E-state index < -0.39 is 0 Å². The molecule has 2 aromatic rings. The van der Waals surface area contributed by atoms with E-state index in [9.17, 15) is 0 Å². The zero-order valence-corrected chi connectivity index (χ0v) is 12.7. The molecule has 2 rings (SSSR count). The molecule has 0 unspecified atom stereocenters. The second-order valence-electron chi connectivity index (χ2n) is 4.91. The van der Waals surface area contributed by atoms with Crippen LogP contribution in [0.3, 0.4) is 0 Å². The Morgan fingerprint density at radius 3 is 2.30 bits per heavy atom. The standard InChI is InChI=1S/C17H20ClNO/c1-12-5-3-6-13(2)15(12)11-20-17-8-4-7-16(18)14(17)9-10-19/h3-8H,9-11,19H2,1-2H3. The number of hydrogen-bond acceptors (Lipinski definition) is 2. The molecule has 2 nitrogen and oxygen atoms in total. The number of ether oxygens (including phenoxy) is 1. The molecule has 0 aliphatic heterocycles. The molecule has 0 amide bonds. The number of aryl methyl sites for hydroxylation is 2. The van der Waals surface area contributed by atoms with Crippen molar-refractivity contribution in [2.75, 3.05) is 6.54 Å². The first-order valence-corrected chi connectivity index (χ1v) is 7.16. The summed E-state index contributed by atoms with van der Waals surface area (Å²) < 4.78 is 5.98. The van der Waals surface area contributed by atoms with Crippen LogP contribution in [0.25, 0.3) is 0 Å². The van der Waals surface area contributed by atoms with Gasteiger partial charge in [-0.1, -0.05) is 35.9 Å². The highest BCUT2D eigenvalue weighted by Gasteiger charge is 2.09. The van der Waals surface area contributed by atoms with Crippen LogP contribution < -0.4 is 10.5 Å². The van der Waals surface area contributed by atoms with Gasteiger partial charge in [0.2, 0.25) is 0 Å². The van der Waals surface area contributed by atoms with Crippen molar-refractivity contribution in [3.05, 3.63) is 63.7 Å². The predicted octanol–water partition coefficient (Wildman–Crippen LogP) is 4.04. The summed E-state index contributed by atoms with van der Waals surface area (Å²) in [6.45, 7) is 5.31. The summed E-state index contributed by atoms with van der Waals surface area (Å²) in [5.74, 6) is 0.825. The summed E-state index contributed by atoms with van der Waals surface area (Å²) in [7, 11) is 0. The lowest BCUT2D eigenvalue weighted by molar-refractivity contribution is 0.301.